The van der Waals surface area contributed by atoms with E-state index in [4.69, 9.17) is 4.74 Å². The van der Waals surface area contributed by atoms with Gasteiger partial charge in [-0.05, 0) is 17.7 Å². The molecule has 1 atom stereocenters. The minimum Gasteiger partial charge on any atom is -0.479 e. The van der Waals surface area contributed by atoms with E-state index in [1.807, 2.05) is 0 Å². The lowest BCUT2D eigenvalue weighted by Gasteiger charge is -2.15. The van der Waals surface area contributed by atoms with Gasteiger partial charge in [0.15, 0.2) is 6.04 Å². The van der Waals surface area contributed by atoms with Crippen LogP contribution < -0.4 is 15.4 Å². The largest absolute Gasteiger partial charge is 0.479 e. The third-order valence-corrected chi connectivity index (χ3v) is 3.90. The number of pyridine rings is 1. The molecule has 3 rings (SSSR count). The van der Waals surface area contributed by atoms with Crippen molar-refractivity contribution in [2.75, 3.05) is 12.4 Å². The number of aromatic nitrogens is 3. The number of carbonyl (C=O) groups is 2. The van der Waals surface area contributed by atoms with Crippen molar-refractivity contribution in [3.8, 4) is 5.88 Å². The van der Waals surface area contributed by atoms with Gasteiger partial charge in [0.25, 0.3) is 0 Å². The van der Waals surface area contributed by atoms with Crippen molar-refractivity contribution in [1.29, 1.82) is 0 Å². The summed E-state index contributed by atoms with van der Waals surface area (Å²) in [6.07, 6.45) is 0. The molecule has 0 spiro atoms. The van der Waals surface area contributed by atoms with E-state index < -0.39 is 30.5 Å². The second kappa shape index (κ2) is 7.88. The molecule has 0 bridgehead atoms. The van der Waals surface area contributed by atoms with Gasteiger partial charge in [-0.25, -0.2) is 19.0 Å². The minimum absolute atomic E-state index is 0.0589. The van der Waals surface area contributed by atoms with E-state index in [0.29, 0.717) is 10.9 Å². The monoisotopic (exact) mass is 389 g/mol. The van der Waals surface area contributed by atoms with Gasteiger partial charge in [-0.2, -0.15) is 0 Å². The Bertz CT molecular complexity index is 1020. The van der Waals surface area contributed by atoms with Crippen LogP contribution in [0.25, 0.3) is 10.9 Å². The number of benzene rings is 1. The number of halogens is 1. The quantitative estimate of drug-likeness (QED) is 0.429. The highest BCUT2D eigenvalue weighted by atomic mass is 19.1. The second-order valence-electron chi connectivity index (χ2n) is 5.69. The topological polar surface area (TPSA) is 149 Å². The number of carboxylic acid groups (broad SMARTS) is 1. The number of carboxylic acids is 1. The molecule has 0 saturated heterocycles. The van der Waals surface area contributed by atoms with Crippen molar-refractivity contribution < 1.29 is 28.9 Å². The Morgan fingerprint density at radius 3 is 2.64 bits per heavy atom. The zero-order valence-corrected chi connectivity index (χ0v) is 14.6. The first-order chi connectivity index (χ1) is 13.4. The lowest BCUT2D eigenvalue weighted by Crippen LogP contribution is -2.37. The number of aliphatic carboxylic acids is 1. The number of rotatable bonds is 6. The van der Waals surface area contributed by atoms with E-state index in [1.165, 1.54) is 25.3 Å². The van der Waals surface area contributed by atoms with Crippen molar-refractivity contribution in [2.45, 2.75) is 12.6 Å². The van der Waals surface area contributed by atoms with Crippen molar-refractivity contribution in [1.82, 2.24) is 20.5 Å². The number of aliphatic hydroxyl groups excluding tert-OH is 1. The SMILES string of the molecule is COc1n[nH]c2cc(NC(=O)N[C@H](C(=O)O)c3ccc(F)cc3)nc(CO)c12. The number of H-pyrrole nitrogens is 1. The van der Waals surface area contributed by atoms with E-state index in [2.05, 4.69) is 25.8 Å². The van der Waals surface area contributed by atoms with E-state index in [0.717, 1.165) is 12.1 Å². The van der Waals surface area contributed by atoms with Gasteiger partial charge in [-0.1, -0.05) is 12.1 Å². The minimum atomic E-state index is -1.39. The predicted octanol–water partition coefficient (Wildman–Crippen LogP) is 1.55. The lowest BCUT2D eigenvalue weighted by atomic mass is 10.1. The van der Waals surface area contributed by atoms with Crippen LogP contribution in [0, 0.1) is 5.82 Å². The summed E-state index contributed by atoms with van der Waals surface area (Å²) in [5.74, 6) is -1.55. The molecule has 0 fully saturated rings. The number of fused-ring (bicyclic) bond motifs is 1. The molecule has 11 heteroatoms. The smallest absolute Gasteiger partial charge is 0.330 e. The van der Waals surface area contributed by atoms with Crippen molar-refractivity contribution in [2.24, 2.45) is 0 Å². The van der Waals surface area contributed by atoms with Gasteiger partial charge in [0.2, 0.25) is 5.88 Å². The summed E-state index contributed by atoms with van der Waals surface area (Å²) >= 11 is 0. The maximum absolute atomic E-state index is 13.0. The maximum atomic E-state index is 13.0. The first-order valence-electron chi connectivity index (χ1n) is 8.01. The van der Waals surface area contributed by atoms with Gasteiger partial charge < -0.3 is 20.3 Å². The molecule has 0 radical (unpaired) electrons. The third kappa shape index (κ3) is 3.83. The van der Waals surface area contributed by atoms with Crippen LogP contribution in [-0.4, -0.2) is 44.5 Å². The van der Waals surface area contributed by atoms with Gasteiger partial charge in [0, 0.05) is 6.07 Å². The van der Waals surface area contributed by atoms with Crippen molar-refractivity contribution in [3.63, 3.8) is 0 Å². The molecular formula is C17H16FN5O5. The van der Waals surface area contributed by atoms with Crippen LogP contribution >= 0.6 is 0 Å². The average molecular weight is 389 g/mol. The van der Waals surface area contributed by atoms with E-state index >= 15 is 0 Å². The Hall–Kier alpha value is -3.73. The second-order valence-corrected chi connectivity index (χ2v) is 5.69. The van der Waals surface area contributed by atoms with Crippen LogP contribution in [0.4, 0.5) is 15.0 Å². The number of anilines is 1. The first kappa shape index (κ1) is 19.0. The first-order valence-corrected chi connectivity index (χ1v) is 8.01. The molecule has 0 saturated carbocycles. The molecule has 28 heavy (non-hydrogen) atoms. The number of urea groups is 1. The van der Waals surface area contributed by atoms with Crippen LogP contribution in [0.5, 0.6) is 5.88 Å². The molecule has 1 aromatic carbocycles. The number of aromatic amines is 1. The summed E-state index contributed by atoms with van der Waals surface area (Å²) in [5.41, 5.74) is 0.869. The molecule has 3 aromatic rings. The highest BCUT2D eigenvalue weighted by molar-refractivity contribution is 5.95. The summed E-state index contributed by atoms with van der Waals surface area (Å²) < 4.78 is 18.1. The summed E-state index contributed by atoms with van der Waals surface area (Å²) in [4.78, 5) is 27.8. The molecule has 146 valence electrons. The number of ether oxygens (including phenoxy) is 1. The normalized spacial score (nSPS) is 11.8. The summed E-state index contributed by atoms with van der Waals surface area (Å²) in [6, 6.07) is 3.93. The Kier molecular flexibility index (Phi) is 5.36. The molecule has 0 aliphatic heterocycles. The Morgan fingerprint density at radius 1 is 1.32 bits per heavy atom. The number of aliphatic hydroxyl groups is 1. The number of carbonyl (C=O) groups excluding carboxylic acids is 1. The number of nitrogens with zero attached hydrogens (tertiary/aromatic N) is 2. The number of amides is 2. The maximum Gasteiger partial charge on any atom is 0.330 e. The fourth-order valence-corrected chi connectivity index (χ4v) is 2.64. The molecule has 2 heterocycles. The van der Waals surface area contributed by atoms with Crippen LogP contribution in [-0.2, 0) is 11.4 Å². The Morgan fingerprint density at radius 2 is 2.04 bits per heavy atom. The molecule has 10 nitrogen and oxygen atoms in total. The number of hydrogen-bond acceptors (Lipinski definition) is 6. The van der Waals surface area contributed by atoms with E-state index in [1.54, 1.807) is 0 Å². The van der Waals surface area contributed by atoms with E-state index in [9.17, 15) is 24.2 Å². The molecule has 0 aliphatic carbocycles. The van der Waals surface area contributed by atoms with Gasteiger partial charge >= 0.3 is 12.0 Å². The predicted molar refractivity (Wildman–Crippen MR) is 95.3 cm³/mol. The van der Waals surface area contributed by atoms with Crippen LogP contribution in [0.2, 0.25) is 0 Å². The van der Waals surface area contributed by atoms with Gasteiger partial charge in [0.05, 0.1) is 30.3 Å². The zero-order chi connectivity index (χ0) is 20.3. The highest BCUT2D eigenvalue weighted by Gasteiger charge is 2.23. The standard InChI is InChI=1S/C17H16FN5O5/c1-28-15-13-10(22-23-15)6-12(19-11(13)7-24)20-17(27)21-14(16(25)26)8-2-4-9(18)5-3-8/h2-6,14,24H,7H2,1H3,(H,22,23)(H,25,26)(H2,19,20,21,27)/t14-/m0/s1. The summed E-state index contributed by atoms with van der Waals surface area (Å²) in [7, 11) is 1.41. The van der Waals surface area contributed by atoms with Crippen molar-refractivity contribution >= 4 is 28.7 Å². The van der Waals surface area contributed by atoms with E-state index in [-0.39, 0.29) is 23.0 Å². The van der Waals surface area contributed by atoms with Gasteiger partial charge in [-0.3, -0.25) is 10.4 Å². The Labute approximate surface area is 157 Å². The fraction of sp³-hybridized carbons (Fsp3) is 0.176. The zero-order valence-electron chi connectivity index (χ0n) is 14.6. The molecule has 0 aliphatic rings. The lowest BCUT2D eigenvalue weighted by molar-refractivity contribution is -0.139. The van der Waals surface area contributed by atoms with Crippen molar-refractivity contribution in [3.05, 3.63) is 47.4 Å². The number of hydrogen-bond donors (Lipinski definition) is 5. The summed E-state index contributed by atoms with van der Waals surface area (Å²) in [5, 5.41) is 30.6. The highest BCUT2D eigenvalue weighted by Crippen LogP contribution is 2.27. The van der Waals surface area contributed by atoms with Gasteiger partial charge in [0.1, 0.15) is 11.6 Å². The third-order valence-electron chi connectivity index (χ3n) is 3.90. The Balaban J connectivity index is 1.81. The molecular weight excluding hydrogens is 373 g/mol. The van der Waals surface area contributed by atoms with Crippen LogP contribution in [0.3, 0.4) is 0 Å². The fourth-order valence-electron chi connectivity index (χ4n) is 2.64. The average Bonchev–Trinajstić information content (AvgIpc) is 3.09. The number of methoxy groups -OCH3 is 1. The van der Waals surface area contributed by atoms with Crippen LogP contribution in [0.1, 0.15) is 17.3 Å². The summed E-state index contributed by atoms with van der Waals surface area (Å²) in [6.45, 7) is -0.434. The molecule has 5 N–H and O–H groups in total. The molecule has 2 amide bonds. The van der Waals surface area contributed by atoms with Gasteiger partial charge in [-0.15, -0.1) is 5.10 Å². The molecule has 0 unspecified atom stereocenters. The number of nitrogens with one attached hydrogen (secondary N) is 3. The van der Waals surface area contributed by atoms with Crippen LogP contribution in [0.15, 0.2) is 30.3 Å². The molecule has 2 aromatic heterocycles.